The summed E-state index contributed by atoms with van der Waals surface area (Å²) in [5.41, 5.74) is -1.43. The molecule has 22 heavy (non-hydrogen) atoms. The number of hydrogen-bond donors (Lipinski definition) is 1. The molecular formula is C13H15F3N2O3S. The van der Waals surface area contributed by atoms with Gasteiger partial charge in [-0.1, -0.05) is 18.2 Å². The van der Waals surface area contributed by atoms with E-state index in [1.807, 2.05) is 0 Å². The van der Waals surface area contributed by atoms with Crippen molar-refractivity contribution in [2.45, 2.75) is 6.18 Å². The van der Waals surface area contributed by atoms with E-state index in [0.717, 1.165) is 22.7 Å². The fourth-order valence-corrected chi connectivity index (χ4v) is 2.38. The van der Waals surface area contributed by atoms with Crippen LogP contribution in [0.1, 0.15) is 5.56 Å². The normalized spacial score (nSPS) is 12.2. The number of nitrogens with one attached hydrogen (secondary N) is 1. The van der Waals surface area contributed by atoms with Crippen molar-refractivity contribution in [1.82, 2.24) is 4.31 Å². The first kappa shape index (κ1) is 18.2. The molecule has 0 aromatic heterocycles. The number of alkyl halides is 3. The van der Waals surface area contributed by atoms with Crippen molar-refractivity contribution in [3.8, 4) is 0 Å². The second-order valence-electron chi connectivity index (χ2n) is 4.44. The van der Waals surface area contributed by atoms with E-state index in [-0.39, 0.29) is 6.54 Å². The highest BCUT2D eigenvalue weighted by atomic mass is 32.2. The summed E-state index contributed by atoms with van der Waals surface area (Å²) < 4.78 is 62.1. The van der Waals surface area contributed by atoms with Gasteiger partial charge in [0.15, 0.2) is 0 Å². The lowest BCUT2D eigenvalue weighted by Gasteiger charge is -2.18. The van der Waals surface area contributed by atoms with E-state index >= 15 is 0 Å². The average molecular weight is 336 g/mol. The van der Waals surface area contributed by atoms with Gasteiger partial charge in [0, 0.05) is 6.54 Å². The molecule has 1 amide bonds. The van der Waals surface area contributed by atoms with Gasteiger partial charge in [0.25, 0.3) is 0 Å². The molecule has 0 aliphatic heterocycles. The third kappa shape index (κ3) is 5.15. The fourth-order valence-electron chi connectivity index (χ4n) is 1.65. The molecule has 1 aromatic rings. The van der Waals surface area contributed by atoms with E-state index in [1.165, 1.54) is 18.2 Å². The number of rotatable bonds is 6. The van der Waals surface area contributed by atoms with Crippen LogP contribution >= 0.6 is 0 Å². The minimum atomic E-state index is -4.62. The standard InChI is InChI=1S/C13H15F3N2O3S/c1-3-8-18(22(2,20)21)9-12(19)17-11-7-5-4-6-10(11)13(14,15)16/h3-7H,1,8-9H2,2H3,(H,17,19). The smallest absolute Gasteiger partial charge is 0.324 e. The van der Waals surface area contributed by atoms with Crippen LogP contribution in [0, 0.1) is 0 Å². The van der Waals surface area contributed by atoms with Crippen molar-refractivity contribution in [3.63, 3.8) is 0 Å². The molecule has 0 heterocycles. The molecule has 0 spiro atoms. The van der Waals surface area contributed by atoms with Gasteiger partial charge in [-0.2, -0.15) is 17.5 Å². The van der Waals surface area contributed by atoms with Crippen LogP contribution in [0.3, 0.4) is 0 Å². The van der Waals surface area contributed by atoms with Gasteiger partial charge < -0.3 is 5.32 Å². The molecule has 0 atom stereocenters. The van der Waals surface area contributed by atoms with Crippen LogP contribution in [0.5, 0.6) is 0 Å². The van der Waals surface area contributed by atoms with Crippen molar-refractivity contribution in [1.29, 1.82) is 0 Å². The van der Waals surface area contributed by atoms with E-state index in [1.54, 1.807) is 0 Å². The number of hydrogen-bond acceptors (Lipinski definition) is 3. The molecule has 0 aliphatic carbocycles. The molecule has 1 N–H and O–H groups in total. The van der Waals surface area contributed by atoms with Crippen LogP contribution in [0.15, 0.2) is 36.9 Å². The van der Waals surface area contributed by atoms with Gasteiger partial charge in [0.05, 0.1) is 24.1 Å². The quantitative estimate of drug-likeness (QED) is 0.809. The highest BCUT2D eigenvalue weighted by molar-refractivity contribution is 7.88. The Morgan fingerprint density at radius 3 is 2.45 bits per heavy atom. The minimum Gasteiger partial charge on any atom is -0.324 e. The number of amides is 1. The second-order valence-corrected chi connectivity index (χ2v) is 6.42. The van der Waals surface area contributed by atoms with Crippen molar-refractivity contribution in [3.05, 3.63) is 42.5 Å². The fraction of sp³-hybridized carbons (Fsp3) is 0.308. The van der Waals surface area contributed by atoms with Crippen LogP contribution in [-0.4, -0.2) is 38.0 Å². The van der Waals surface area contributed by atoms with Gasteiger partial charge in [-0.15, -0.1) is 6.58 Å². The highest BCUT2D eigenvalue weighted by Gasteiger charge is 2.33. The van der Waals surface area contributed by atoms with Crippen molar-refractivity contribution < 1.29 is 26.4 Å². The van der Waals surface area contributed by atoms with Crippen LogP contribution in [0.4, 0.5) is 18.9 Å². The maximum Gasteiger partial charge on any atom is 0.418 e. The summed E-state index contributed by atoms with van der Waals surface area (Å²) in [6, 6.07) is 4.45. The summed E-state index contributed by atoms with van der Waals surface area (Å²) in [5, 5.41) is 2.08. The van der Waals surface area contributed by atoms with E-state index in [2.05, 4.69) is 11.9 Å². The van der Waals surface area contributed by atoms with Crippen LogP contribution < -0.4 is 5.32 Å². The monoisotopic (exact) mass is 336 g/mol. The first-order chi connectivity index (χ1) is 10.1. The number of para-hydroxylation sites is 1. The van der Waals surface area contributed by atoms with E-state index in [4.69, 9.17) is 0 Å². The van der Waals surface area contributed by atoms with Crippen molar-refractivity contribution in [2.24, 2.45) is 0 Å². The predicted octanol–water partition coefficient (Wildman–Crippen LogP) is 2.09. The average Bonchev–Trinajstić information content (AvgIpc) is 2.36. The highest BCUT2D eigenvalue weighted by Crippen LogP contribution is 2.34. The topological polar surface area (TPSA) is 66.5 Å². The zero-order valence-corrected chi connectivity index (χ0v) is 12.5. The van der Waals surface area contributed by atoms with E-state index in [0.29, 0.717) is 0 Å². The van der Waals surface area contributed by atoms with Crippen molar-refractivity contribution in [2.75, 3.05) is 24.7 Å². The summed E-state index contributed by atoms with van der Waals surface area (Å²) in [6.07, 6.45) is -2.45. The first-order valence-corrected chi connectivity index (χ1v) is 7.92. The second kappa shape index (κ2) is 6.93. The third-order valence-corrected chi connectivity index (χ3v) is 3.84. The molecule has 0 bridgehead atoms. The summed E-state index contributed by atoms with van der Waals surface area (Å²) in [7, 11) is -3.67. The largest absolute Gasteiger partial charge is 0.418 e. The van der Waals surface area contributed by atoms with E-state index < -0.39 is 39.9 Å². The van der Waals surface area contributed by atoms with Gasteiger partial charge in [-0.05, 0) is 12.1 Å². The molecule has 122 valence electrons. The number of carbonyl (C=O) groups is 1. The third-order valence-electron chi connectivity index (χ3n) is 2.63. The van der Waals surface area contributed by atoms with Crippen molar-refractivity contribution >= 4 is 21.6 Å². The summed E-state index contributed by atoms with van der Waals surface area (Å²) >= 11 is 0. The summed E-state index contributed by atoms with van der Waals surface area (Å²) in [5.74, 6) is -0.871. The maximum atomic E-state index is 12.8. The molecule has 1 aromatic carbocycles. The van der Waals surface area contributed by atoms with Gasteiger partial charge in [-0.25, -0.2) is 8.42 Å². The Hall–Kier alpha value is -1.87. The summed E-state index contributed by atoms with van der Waals surface area (Å²) in [6.45, 7) is 2.65. The van der Waals surface area contributed by atoms with Crippen LogP contribution in [-0.2, 0) is 21.0 Å². The Balaban J connectivity index is 2.92. The molecular weight excluding hydrogens is 321 g/mol. The van der Waals surface area contributed by atoms with Gasteiger partial charge >= 0.3 is 6.18 Å². The van der Waals surface area contributed by atoms with Crippen LogP contribution in [0.25, 0.3) is 0 Å². The number of nitrogens with zero attached hydrogens (tertiary/aromatic N) is 1. The maximum absolute atomic E-state index is 12.8. The Morgan fingerprint density at radius 1 is 1.36 bits per heavy atom. The van der Waals surface area contributed by atoms with E-state index in [9.17, 15) is 26.4 Å². The minimum absolute atomic E-state index is 0.118. The summed E-state index contributed by atoms with van der Waals surface area (Å²) in [4.78, 5) is 11.8. The molecule has 0 saturated carbocycles. The predicted molar refractivity (Wildman–Crippen MR) is 76.7 cm³/mol. The lowest BCUT2D eigenvalue weighted by atomic mass is 10.1. The Kier molecular flexibility index (Phi) is 5.72. The number of halogens is 3. The number of sulfonamides is 1. The molecule has 0 fully saturated rings. The van der Waals surface area contributed by atoms with Gasteiger partial charge in [-0.3, -0.25) is 4.79 Å². The SMILES string of the molecule is C=CCN(CC(=O)Nc1ccccc1C(F)(F)F)S(C)(=O)=O. The molecule has 0 unspecified atom stereocenters. The van der Waals surface area contributed by atoms with Gasteiger partial charge in [0.2, 0.25) is 15.9 Å². The number of benzene rings is 1. The molecule has 0 aliphatic rings. The molecule has 0 saturated heterocycles. The molecule has 1 rings (SSSR count). The first-order valence-electron chi connectivity index (χ1n) is 6.08. The van der Waals surface area contributed by atoms with Crippen LogP contribution in [0.2, 0.25) is 0 Å². The Labute approximate surface area is 126 Å². The number of anilines is 1. The lowest BCUT2D eigenvalue weighted by Crippen LogP contribution is -2.37. The molecule has 5 nitrogen and oxygen atoms in total. The van der Waals surface area contributed by atoms with Gasteiger partial charge in [0.1, 0.15) is 0 Å². The molecule has 9 heteroatoms. The zero-order valence-electron chi connectivity index (χ0n) is 11.7. The Morgan fingerprint density at radius 2 is 1.95 bits per heavy atom. The Bertz CT molecular complexity index is 657. The number of carbonyl (C=O) groups excluding carboxylic acids is 1. The lowest BCUT2D eigenvalue weighted by molar-refractivity contribution is -0.137. The zero-order chi connectivity index (χ0) is 17.0. The molecule has 0 radical (unpaired) electrons.